The second-order valence-corrected chi connectivity index (χ2v) is 5.00. The first-order chi connectivity index (χ1) is 9.74. The highest BCUT2D eigenvalue weighted by molar-refractivity contribution is 5.27. The average molecular weight is 272 g/mol. The van der Waals surface area contributed by atoms with Crippen LogP contribution in [0.5, 0.6) is 5.75 Å². The maximum atomic E-state index is 9.20. The number of aliphatic hydroxyl groups is 1. The van der Waals surface area contributed by atoms with Crippen LogP contribution < -0.4 is 10.1 Å². The van der Waals surface area contributed by atoms with Gasteiger partial charge in [-0.15, -0.1) is 0 Å². The molecule has 3 heteroatoms. The Bertz CT molecular complexity index is 494. The van der Waals surface area contributed by atoms with Gasteiger partial charge in [0, 0.05) is 5.56 Å². The zero-order valence-corrected chi connectivity index (χ0v) is 11.8. The standard InChI is InChI=1S/C17H21NO2/c1-14(19)11-18-12-15-7-9-17(10-8-15)20-13-16-5-3-2-4-6-16/h2-10,14,18-19H,11-13H2,1H3/p+1/t14-/m1/s1. The number of rotatable bonds is 7. The molecule has 2 aromatic rings. The SMILES string of the molecule is C[C@@H](O)C[NH2+]Cc1ccc(OCc2ccccc2)cc1. The number of benzene rings is 2. The highest BCUT2D eigenvalue weighted by atomic mass is 16.5. The van der Waals surface area contributed by atoms with E-state index in [1.807, 2.05) is 30.3 Å². The Kier molecular flexibility index (Phi) is 5.59. The van der Waals surface area contributed by atoms with Crippen molar-refractivity contribution in [3.05, 3.63) is 65.7 Å². The Balaban J connectivity index is 1.79. The number of nitrogens with two attached hydrogens (primary N) is 1. The molecule has 0 saturated heterocycles. The van der Waals surface area contributed by atoms with E-state index in [0.29, 0.717) is 6.61 Å². The lowest BCUT2D eigenvalue weighted by atomic mass is 10.2. The van der Waals surface area contributed by atoms with Gasteiger partial charge in [-0.3, -0.25) is 0 Å². The van der Waals surface area contributed by atoms with Gasteiger partial charge in [-0.1, -0.05) is 30.3 Å². The molecule has 0 amide bonds. The fourth-order valence-corrected chi connectivity index (χ4v) is 1.95. The van der Waals surface area contributed by atoms with Crippen LogP contribution in [0.15, 0.2) is 54.6 Å². The molecule has 0 saturated carbocycles. The Hall–Kier alpha value is -1.84. The molecule has 1 atom stereocenters. The van der Waals surface area contributed by atoms with E-state index in [0.717, 1.165) is 18.8 Å². The maximum Gasteiger partial charge on any atom is 0.119 e. The van der Waals surface area contributed by atoms with Crippen LogP contribution in [0.1, 0.15) is 18.1 Å². The molecule has 0 bridgehead atoms. The van der Waals surface area contributed by atoms with E-state index in [1.165, 1.54) is 11.1 Å². The first-order valence-electron chi connectivity index (χ1n) is 6.99. The minimum absolute atomic E-state index is 0.261. The summed E-state index contributed by atoms with van der Waals surface area (Å²) in [5, 5.41) is 11.3. The summed E-state index contributed by atoms with van der Waals surface area (Å²) in [6.45, 7) is 4.00. The van der Waals surface area contributed by atoms with Crippen LogP contribution in [0.4, 0.5) is 0 Å². The van der Waals surface area contributed by atoms with Gasteiger partial charge in [-0.25, -0.2) is 0 Å². The minimum atomic E-state index is -0.261. The third-order valence-corrected chi connectivity index (χ3v) is 3.06. The lowest BCUT2D eigenvalue weighted by Gasteiger charge is -2.07. The van der Waals surface area contributed by atoms with Gasteiger partial charge < -0.3 is 15.2 Å². The molecule has 0 heterocycles. The number of hydrogen-bond donors (Lipinski definition) is 2. The maximum absolute atomic E-state index is 9.20. The Morgan fingerprint density at radius 2 is 1.70 bits per heavy atom. The van der Waals surface area contributed by atoms with Crippen LogP contribution in [0, 0.1) is 0 Å². The minimum Gasteiger partial charge on any atom is -0.489 e. The van der Waals surface area contributed by atoms with Crippen molar-refractivity contribution in [2.75, 3.05) is 6.54 Å². The number of aliphatic hydroxyl groups excluding tert-OH is 1. The third-order valence-electron chi connectivity index (χ3n) is 3.06. The largest absolute Gasteiger partial charge is 0.489 e. The number of quaternary nitrogens is 1. The summed E-state index contributed by atoms with van der Waals surface area (Å²) in [5.74, 6) is 0.883. The molecule has 0 aromatic heterocycles. The van der Waals surface area contributed by atoms with E-state index < -0.39 is 0 Å². The summed E-state index contributed by atoms with van der Waals surface area (Å²) in [5.41, 5.74) is 2.40. The summed E-state index contributed by atoms with van der Waals surface area (Å²) >= 11 is 0. The van der Waals surface area contributed by atoms with Gasteiger partial charge in [0.15, 0.2) is 0 Å². The van der Waals surface area contributed by atoms with Gasteiger partial charge in [-0.05, 0) is 36.8 Å². The predicted octanol–water partition coefficient (Wildman–Crippen LogP) is 1.71. The van der Waals surface area contributed by atoms with Crippen molar-refractivity contribution in [1.29, 1.82) is 0 Å². The Morgan fingerprint density at radius 3 is 2.35 bits per heavy atom. The molecule has 20 heavy (non-hydrogen) atoms. The molecular weight excluding hydrogens is 250 g/mol. The zero-order valence-electron chi connectivity index (χ0n) is 11.8. The number of hydrogen-bond acceptors (Lipinski definition) is 2. The van der Waals surface area contributed by atoms with Gasteiger partial charge in [0.2, 0.25) is 0 Å². The molecular formula is C17H22NO2+. The lowest BCUT2D eigenvalue weighted by molar-refractivity contribution is -0.676. The second-order valence-electron chi connectivity index (χ2n) is 5.00. The van der Waals surface area contributed by atoms with Crippen molar-refractivity contribution in [2.45, 2.75) is 26.2 Å². The molecule has 0 spiro atoms. The molecule has 3 nitrogen and oxygen atoms in total. The monoisotopic (exact) mass is 272 g/mol. The van der Waals surface area contributed by atoms with E-state index in [-0.39, 0.29) is 6.10 Å². The summed E-state index contributed by atoms with van der Waals surface area (Å²) < 4.78 is 5.74. The summed E-state index contributed by atoms with van der Waals surface area (Å²) in [6, 6.07) is 18.3. The van der Waals surface area contributed by atoms with Gasteiger partial charge in [0.1, 0.15) is 25.4 Å². The van der Waals surface area contributed by atoms with Crippen LogP contribution >= 0.6 is 0 Å². The average Bonchev–Trinajstić information content (AvgIpc) is 2.47. The van der Waals surface area contributed by atoms with Crippen LogP contribution in [0.25, 0.3) is 0 Å². The smallest absolute Gasteiger partial charge is 0.119 e. The van der Waals surface area contributed by atoms with Crippen LogP contribution in [0.2, 0.25) is 0 Å². The predicted molar refractivity (Wildman–Crippen MR) is 79.4 cm³/mol. The molecule has 0 aliphatic carbocycles. The van der Waals surface area contributed by atoms with E-state index in [2.05, 4.69) is 29.6 Å². The molecule has 0 fully saturated rings. The van der Waals surface area contributed by atoms with Crippen LogP contribution in [-0.2, 0) is 13.2 Å². The van der Waals surface area contributed by atoms with Crippen molar-refractivity contribution in [1.82, 2.24) is 0 Å². The summed E-state index contributed by atoms with van der Waals surface area (Å²) in [4.78, 5) is 0. The van der Waals surface area contributed by atoms with Gasteiger partial charge >= 0.3 is 0 Å². The van der Waals surface area contributed by atoms with Crippen molar-refractivity contribution in [2.24, 2.45) is 0 Å². The van der Waals surface area contributed by atoms with Crippen molar-refractivity contribution >= 4 is 0 Å². The molecule has 3 N–H and O–H groups in total. The molecule has 0 aliphatic rings. The van der Waals surface area contributed by atoms with Gasteiger partial charge in [-0.2, -0.15) is 0 Å². The van der Waals surface area contributed by atoms with Crippen molar-refractivity contribution in [3.8, 4) is 5.75 Å². The normalized spacial score (nSPS) is 12.1. The van der Waals surface area contributed by atoms with Crippen molar-refractivity contribution < 1.29 is 15.2 Å². The van der Waals surface area contributed by atoms with E-state index in [9.17, 15) is 5.11 Å². The van der Waals surface area contributed by atoms with Crippen LogP contribution in [0.3, 0.4) is 0 Å². The highest BCUT2D eigenvalue weighted by Gasteiger charge is 2.00. The summed E-state index contributed by atoms with van der Waals surface area (Å²) in [7, 11) is 0. The number of ether oxygens (including phenoxy) is 1. The molecule has 0 aliphatic heterocycles. The van der Waals surface area contributed by atoms with Crippen molar-refractivity contribution in [3.63, 3.8) is 0 Å². The molecule has 2 rings (SSSR count). The quantitative estimate of drug-likeness (QED) is 0.806. The van der Waals surface area contributed by atoms with E-state index in [4.69, 9.17) is 4.74 Å². The Labute approximate surface area is 120 Å². The Morgan fingerprint density at radius 1 is 1.00 bits per heavy atom. The fourth-order valence-electron chi connectivity index (χ4n) is 1.95. The van der Waals surface area contributed by atoms with E-state index in [1.54, 1.807) is 6.92 Å². The van der Waals surface area contributed by atoms with E-state index >= 15 is 0 Å². The molecule has 0 radical (unpaired) electrons. The third kappa shape index (κ3) is 5.03. The fraction of sp³-hybridized carbons (Fsp3) is 0.294. The van der Waals surface area contributed by atoms with Gasteiger partial charge in [0.05, 0.1) is 6.10 Å². The summed E-state index contributed by atoms with van der Waals surface area (Å²) in [6.07, 6.45) is -0.261. The zero-order chi connectivity index (χ0) is 14.2. The second kappa shape index (κ2) is 7.68. The highest BCUT2D eigenvalue weighted by Crippen LogP contribution is 2.13. The first-order valence-corrected chi connectivity index (χ1v) is 6.99. The molecule has 2 aromatic carbocycles. The van der Waals surface area contributed by atoms with Gasteiger partial charge in [0.25, 0.3) is 0 Å². The topological polar surface area (TPSA) is 46.1 Å². The lowest BCUT2D eigenvalue weighted by Crippen LogP contribution is -2.84. The molecule has 106 valence electrons. The first kappa shape index (κ1) is 14.6. The molecule has 0 unspecified atom stereocenters. The van der Waals surface area contributed by atoms with Crippen LogP contribution in [-0.4, -0.2) is 17.8 Å².